The molecule has 19 heavy (non-hydrogen) atoms. The highest BCUT2D eigenvalue weighted by Gasteiger charge is 2.25. The lowest BCUT2D eigenvalue weighted by atomic mass is 9.99. The molecule has 0 saturated carbocycles. The molecule has 0 aromatic carbocycles. The molecule has 1 aliphatic heterocycles. The summed E-state index contributed by atoms with van der Waals surface area (Å²) < 4.78 is 10.6. The number of carboxylic acid groups (broad SMARTS) is 1. The molecule has 1 fully saturated rings. The number of hydrogen-bond acceptors (Lipinski definition) is 4. The molecule has 0 radical (unpaired) electrons. The van der Waals surface area contributed by atoms with Crippen molar-refractivity contribution in [3.63, 3.8) is 0 Å². The molecule has 110 valence electrons. The number of aliphatic carboxylic acids is 1. The predicted octanol–water partition coefficient (Wildman–Crippen LogP) is 0.200. The summed E-state index contributed by atoms with van der Waals surface area (Å²) in [5.74, 6) is -1.15. The molecular weight excluding hydrogens is 252 g/mol. The number of rotatable bonds is 6. The summed E-state index contributed by atoms with van der Waals surface area (Å²) in [6.07, 6.45) is 0.503. The number of carbonyl (C=O) groups is 2. The minimum absolute atomic E-state index is 0.127. The third-order valence-corrected chi connectivity index (χ3v) is 3.14. The number of hydrogen-bond donors (Lipinski definition) is 3. The molecule has 2 amide bonds. The first kappa shape index (κ1) is 15.7. The SMILES string of the molecule is CCC(C)[C@H](NC(=O)NCC1COCCO1)C(=O)O. The Kier molecular flexibility index (Phi) is 6.58. The summed E-state index contributed by atoms with van der Waals surface area (Å²) in [6, 6.07) is -1.38. The van der Waals surface area contributed by atoms with Crippen molar-refractivity contribution < 1.29 is 24.2 Å². The van der Waals surface area contributed by atoms with Gasteiger partial charge in [0.15, 0.2) is 0 Å². The quantitative estimate of drug-likeness (QED) is 0.643. The molecule has 0 aromatic heterocycles. The lowest BCUT2D eigenvalue weighted by Crippen LogP contribution is -2.51. The second kappa shape index (κ2) is 7.96. The number of urea groups is 1. The van der Waals surface area contributed by atoms with E-state index in [0.717, 1.165) is 0 Å². The fourth-order valence-corrected chi connectivity index (χ4v) is 1.74. The minimum atomic E-state index is -1.03. The van der Waals surface area contributed by atoms with Crippen LogP contribution in [0.15, 0.2) is 0 Å². The Balaban J connectivity index is 2.33. The molecule has 3 atom stereocenters. The van der Waals surface area contributed by atoms with Gasteiger partial charge in [-0.05, 0) is 5.92 Å². The van der Waals surface area contributed by atoms with Gasteiger partial charge >= 0.3 is 12.0 Å². The molecule has 3 N–H and O–H groups in total. The van der Waals surface area contributed by atoms with Crippen LogP contribution >= 0.6 is 0 Å². The summed E-state index contributed by atoms with van der Waals surface area (Å²) in [4.78, 5) is 22.7. The normalized spacial score (nSPS) is 22.3. The monoisotopic (exact) mass is 274 g/mol. The Hall–Kier alpha value is -1.34. The fourth-order valence-electron chi connectivity index (χ4n) is 1.74. The van der Waals surface area contributed by atoms with Crippen molar-refractivity contribution in [2.75, 3.05) is 26.4 Å². The van der Waals surface area contributed by atoms with Crippen LogP contribution < -0.4 is 10.6 Å². The topological polar surface area (TPSA) is 96.9 Å². The maximum atomic E-state index is 11.6. The van der Waals surface area contributed by atoms with Crippen molar-refractivity contribution in [2.45, 2.75) is 32.4 Å². The van der Waals surface area contributed by atoms with Crippen molar-refractivity contribution in [1.29, 1.82) is 0 Å². The van der Waals surface area contributed by atoms with Crippen LogP contribution in [0.1, 0.15) is 20.3 Å². The van der Waals surface area contributed by atoms with Gasteiger partial charge in [-0.3, -0.25) is 0 Å². The highest BCUT2D eigenvalue weighted by molar-refractivity contribution is 5.82. The molecule has 0 aliphatic carbocycles. The maximum Gasteiger partial charge on any atom is 0.326 e. The largest absolute Gasteiger partial charge is 0.480 e. The summed E-state index contributed by atoms with van der Waals surface area (Å²) in [5, 5.41) is 14.1. The number of carboxylic acids is 1. The maximum absolute atomic E-state index is 11.6. The van der Waals surface area contributed by atoms with E-state index >= 15 is 0 Å². The molecule has 0 spiro atoms. The van der Waals surface area contributed by atoms with E-state index in [1.165, 1.54) is 0 Å². The van der Waals surface area contributed by atoms with E-state index in [1.807, 2.05) is 6.92 Å². The van der Waals surface area contributed by atoms with Gasteiger partial charge in [0.1, 0.15) is 6.04 Å². The van der Waals surface area contributed by atoms with E-state index in [-0.39, 0.29) is 12.0 Å². The minimum Gasteiger partial charge on any atom is -0.480 e. The van der Waals surface area contributed by atoms with Crippen LogP contribution in [0.25, 0.3) is 0 Å². The van der Waals surface area contributed by atoms with Crippen molar-refractivity contribution in [3.05, 3.63) is 0 Å². The molecule has 1 heterocycles. The third kappa shape index (κ3) is 5.44. The van der Waals surface area contributed by atoms with Crippen LogP contribution in [0.2, 0.25) is 0 Å². The van der Waals surface area contributed by atoms with Crippen LogP contribution in [-0.2, 0) is 14.3 Å². The summed E-state index contributed by atoms with van der Waals surface area (Å²) in [6.45, 7) is 5.49. The zero-order chi connectivity index (χ0) is 14.3. The van der Waals surface area contributed by atoms with Crippen LogP contribution in [-0.4, -0.2) is 55.6 Å². The van der Waals surface area contributed by atoms with E-state index < -0.39 is 18.0 Å². The van der Waals surface area contributed by atoms with Crippen LogP contribution in [0.3, 0.4) is 0 Å². The van der Waals surface area contributed by atoms with E-state index in [9.17, 15) is 9.59 Å². The van der Waals surface area contributed by atoms with Gasteiger partial charge in [0.2, 0.25) is 0 Å². The van der Waals surface area contributed by atoms with Crippen molar-refractivity contribution in [3.8, 4) is 0 Å². The van der Waals surface area contributed by atoms with Gasteiger partial charge in [0, 0.05) is 6.54 Å². The smallest absolute Gasteiger partial charge is 0.326 e. The van der Waals surface area contributed by atoms with Crippen LogP contribution in [0.4, 0.5) is 4.79 Å². The van der Waals surface area contributed by atoms with E-state index in [4.69, 9.17) is 14.6 Å². The molecule has 1 saturated heterocycles. The lowest BCUT2D eigenvalue weighted by molar-refractivity contribution is -0.140. The predicted molar refractivity (Wildman–Crippen MR) is 68.0 cm³/mol. The Morgan fingerprint density at radius 3 is 2.68 bits per heavy atom. The molecule has 0 aromatic rings. The number of carbonyl (C=O) groups excluding carboxylic acids is 1. The Morgan fingerprint density at radius 2 is 2.16 bits per heavy atom. The van der Waals surface area contributed by atoms with Gasteiger partial charge < -0.3 is 25.2 Å². The molecule has 2 unspecified atom stereocenters. The number of amides is 2. The van der Waals surface area contributed by atoms with Gasteiger partial charge in [-0.1, -0.05) is 20.3 Å². The molecule has 7 nitrogen and oxygen atoms in total. The average Bonchev–Trinajstić information content (AvgIpc) is 2.42. The third-order valence-electron chi connectivity index (χ3n) is 3.14. The van der Waals surface area contributed by atoms with Gasteiger partial charge in [0.05, 0.1) is 25.9 Å². The fraction of sp³-hybridized carbons (Fsp3) is 0.833. The van der Waals surface area contributed by atoms with Gasteiger partial charge in [-0.15, -0.1) is 0 Å². The van der Waals surface area contributed by atoms with E-state index in [2.05, 4.69) is 10.6 Å². The summed E-state index contributed by atoms with van der Waals surface area (Å²) >= 11 is 0. The Bertz CT molecular complexity index is 304. The van der Waals surface area contributed by atoms with Crippen molar-refractivity contribution in [1.82, 2.24) is 10.6 Å². The Morgan fingerprint density at radius 1 is 1.42 bits per heavy atom. The second-order valence-electron chi connectivity index (χ2n) is 4.62. The molecule has 7 heteroatoms. The van der Waals surface area contributed by atoms with Crippen molar-refractivity contribution in [2.24, 2.45) is 5.92 Å². The first-order valence-corrected chi connectivity index (χ1v) is 6.51. The van der Waals surface area contributed by atoms with Gasteiger partial charge in [-0.2, -0.15) is 0 Å². The van der Waals surface area contributed by atoms with E-state index in [1.54, 1.807) is 6.92 Å². The first-order chi connectivity index (χ1) is 9.04. The second-order valence-corrected chi connectivity index (χ2v) is 4.62. The molecule has 0 bridgehead atoms. The van der Waals surface area contributed by atoms with Gasteiger partial charge in [0.25, 0.3) is 0 Å². The summed E-state index contributed by atoms with van der Waals surface area (Å²) in [5.41, 5.74) is 0. The van der Waals surface area contributed by atoms with Crippen LogP contribution in [0.5, 0.6) is 0 Å². The highest BCUT2D eigenvalue weighted by atomic mass is 16.6. The molecule has 1 rings (SSSR count). The van der Waals surface area contributed by atoms with Crippen molar-refractivity contribution >= 4 is 12.0 Å². The number of nitrogens with one attached hydrogen (secondary N) is 2. The zero-order valence-electron chi connectivity index (χ0n) is 11.3. The summed E-state index contributed by atoms with van der Waals surface area (Å²) in [7, 11) is 0. The first-order valence-electron chi connectivity index (χ1n) is 6.51. The Labute approximate surface area is 112 Å². The van der Waals surface area contributed by atoms with E-state index in [0.29, 0.717) is 32.8 Å². The van der Waals surface area contributed by atoms with Gasteiger partial charge in [-0.25, -0.2) is 9.59 Å². The molecule has 1 aliphatic rings. The number of ether oxygens (including phenoxy) is 2. The highest BCUT2D eigenvalue weighted by Crippen LogP contribution is 2.07. The average molecular weight is 274 g/mol. The standard InChI is InChI=1S/C12H22N2O5/c1-3-8(2)10(11(15)16)14-12(17)13-6-9-7-18-4-5-19-9/h8-10H,3-7H2,1-2H3,(H,15,16)(H2,13,14,17)/t8?,9?,10-/m0/s1. The molecular formula is C12H22N2O5. The zero-order valence-corrected chi connectivity index (χ0v) is 11.3. The lowest BCUT2D eigenvalue weighted by Gasteiger charge is -2.24. The van der Waals surface area contributed by atoms with Crippen LogP contribution in [0, 0.1) is 5.92 Å².